The quantitative estimate of drug-likeness (QED) is 0.437. The van der Waals surface area contributed by atoms with Gasteiger partial charge < -0.3 is 19.5 Å². The molecule has 0 spiro atoms. The zero-order valence-electron chi connectivity index (χ0n) is 19.0. The molecule has 2 amide bonds. The highest BCUT2D eigenvalue weighted by atomic mass is 16.5. The summed E-state index contributed by atoms with van der Waals surface area (Å²) in [6.07, 6.45) is 3.86. The van der Waals surface area contributed by atoms with Gasteiger partial charge in [-0.3, -0.25) is 9.59 Å². The predicted molar refractivity (Wildman–Crippen MR) is 127 cm³/mol. The van der Waals surface area contributed by atoms with Crippen molar-refractivity contribution in [3.05, 3.63) is 71.9 Å². The minimum Gasteiger partial charge on any atom is -0.385 e. The highest BCUT2D eigenvalue weighted by Gasteiger charge is 2.21. The third-order valence-corrected chi connectivity index (χ3v) is 5.65. The summed E-state index contributed by atoms with van der Waals surface area (Å²) in [4.78, 5) is 32.6. The zero-order chi connectivity index (χ0) is 22.8. The summed E-state index contributed by atoms with van der Waals surface area (Å²) in [5.74, 6) is -0.0429. The van der Waals surface area contributed by atoms with E-state index in [2.05, 4.69) is 17.1 Å². The molecule has 6 nitrogen and oxygen atoms in total. The number of rotatable bonds is 12. The van der Waals surface area contributed by atoms with Crippen LogP contribution in [0.15, 0.2) is 60.8 Å². The molecule has 1 N–H and O–H groups in total. The largest absolute Gasteiger partial charge is 0.385 e. The molecule has 1 heterocycles. The average Bonchev–Trinajstić information content (AvgIpc) is 3.24. The SMILES string of the molecule is CCC(=O)N(CCCOC)CC(=O)N(CCc1c[nH]c2ccccc12)Cc1ccccc1. The molecule has 0 saturated heterocycles. The maximum absolute atomic E-state index is 13.3. The maximum Gasteiger partial charge on any atom is 0.242 e. The van der Waals surface area contributed by atoms with Crippen molar-refractivity contribution in [3.8, 4) is 0 Å². The van der Waals surface area contributed by atoms with Crippen LogP contribution in [0, 0.1) is 0 Å². The van der Waals surface area contributed by atoms with Gasteiger partial charge in [0.15, 0.2) is 0 Å². The summed E-state index contributed by atoms with van der Waals surface area (Å²) in [6.45, 7) is 4.12. The van der Waals surface area contributed by atoms with E-state index >= 15 is 0 Å². The number of hydrogen-bond donors (Lipinski definition) is 1. The van der Waals surface area contributed by atoms with Crippen molar-refractivity contribution in [1.82, 2.24) is 14.8 Å². The Kier molecular flexibility index (Phi) is 8.87. The van der Waals surface area contributed by atoms with E-state index in [4.69, 9.17) is 4.74 Å². The maximum atomic E-state index is 13.3. The van der Waals surface area contributed by atoms with Crippen LogP contribution in [0.4, 0.5) is 0 Å². The van der Waals surface area contributed by atoms with Crippen LogP contribution in [-0.2, 0) is 27.3 Å². The van der Waals surface area contributed by atoms with E-state index in [1.54, 1.807) is 12.0 Å². The molecule has 0 fully saturated rings. The third kappa shape index (κ3) is 6.44. The number of aromatic nitrogens is 1. The van der Waals surface area contributed by atoms with Gasteiger partial charge in [0.2, 0.25) is 11.8 Å². The van der Waals surface area contributed by atoms with E-state index in [1.807, 2.05) is 60.5 Å². The Bertz CT molecular complexity index is 1000. The van der Waals surface area contributed by atoms with Gasteiger partial charge in [0, 0.05) is 56.9 Å². The van der Waals surface area contributed by atoms with Gasteiger partial charge >= 0.3 is 0 Å². The van der Waals surface area contributed by atoms with E-state index in [9.17, 15) is 9.59 Å². The molecular formula is C26H33N3O3. The fourth-order valence-corrected chi connectivity index (χ4v) is 3.87. The first kappa shape index (κ1) is 23.5. The number of methoxy groups -OCH3 is 1. The number of ether oxygens (including phenoxy) is 1. The molecule has 0 atom stereocenters. The number of para-hydroxylation sites is 1. The van der Waals surface area contributed by atoms with E-state index in [0.717, 1.165) is 17.5 Å². The highest BCUT2D eigenvalue weighted by molar-refractivity contribution is 5.85. The molecule has 0 aliphatic heterocycles. The van der Waals surface area contributed by atoms with Crippen LogP contribution in [0.25, 0.3) is 10.9 Å². The number of carbonyl (C=O) groups excluding carboxylic acids is 2. The van der Waals surface area contributed by atoms with Gasteiger partial charge in [-0.2, -0.15) is 0 Å². The van der Waals surface area contributed by atoms with E-state index in [1.165, 1.54) is 10.9 Å². The second-order valence-corrected chi connectivity index (χ2v) is 7.93. The second kappa shape index (κ2) is 12.1. The van der Waals surface area contributed by atoms with Crippen LogP contribution in [0.5, 0.6) is 0 Å². The topological polar surface area (TPSA) is 65.6 Å². The first-order chi connectivity index (χ1) is 15.6. The van der Waals surface area contributed by atoms with E-state index < -0.39 is 0 Å². The van der Waals surface area contributed by atoms with Crippen LogP contribution in [0.3, 0.4) is 0 Å². The minimum absolute atomic E-state index is 0.00857. The Morgan fingerprint density at radius 3 is 2.44 bits per heavy atom. The zero-order valence-corrected chi connectivity index (χ0v) is 19.0. The number of carbonyl (C=O) groups is 2. The second-order valence-electron chi connectivity index (χ2n) is 7.93. The lowest BCUT2D eigenvalue weighted by Crippen LogP contribution is -2.43. The summed E-state index contributed by atoms with van der Waals surface area (Å²) in [7, 11) is 1.64. The van der Waals surface area contributed by atoms with Gasteiger partial charge in [-0.15, -0.1) is 0 Å². The Hall–Kier alpha value is -3.12. The van der Waals surface area contributed by atoms with E-state index in [-0.39, 0.29) is 18.4 Å². The molecule has 2 aromatic carbocycles. The van der Waals surface area contributed by atoms with Crippen molar-refractivity contribution < 1.29 is 14.3 Å². The Labute approximate surface area is 190 Å². The summed E-state index contributed by atoms with van der Waals surface area (Å²) < 4.78 is 5.12. The van der Waals surface area contributed by atoms with Gasteiger partial charge in [-0.25, -0.2) is 0 Å². The van der Waals surface area contributed by atoms with Gasteiger partial charge in [0.25, 0.3) is 0 Å². The molecule has 32 heavy (non-hydrogen) atoms. The Morgan fingerprint density at radius 2 is 1.69 bits per heavy atom. The van der Waals surface area contributed by atoms with Crippen molar-refractivity contribution in [2.45, 2.75) is 32.7 Å². The number of H-pyrrole nitrogens is 1. The van der Waals surface area contributed by atoms with Crippen LogP contribution < -0.4 is 0 Å². The highest BCUT2D eigenvalue weighted by Crippen LogP contribution is 2.19. The molecule has 6 heteroatoms. The molecule has 3 aromatic rings. The molecule has 1 aromatic heterocycles. The van der Waals surface area contributed by atoms with Crippen LogP contribution in [-0.4, -0.2) is 59.9 Å². The smallest absolute Gasteiger partial charge is 0.242 e. The third-order valence-electron chi connectivity index (χ3n) is 5.65. The van der Waals surface area contributed by atoms with Gasteiger partial charge in [-0.1, -0.05) is 55.5 Å². The number of nitrogens with zero attached hydrogens (tertiary/aromatic N) is 2. The first-order valence-corrected chi connectivity index (χ1v) is 11.3. The number of aromatic amines is 1. The fourth-order valence-electron chi connectivity index (χ4n) is 3.87. The summed E-state index contributed by atoms with van der Waals surface area (Å²) in [5.41, 5.74) is 3.36. The van der Waals surface area contributed by atoms with Crippen molar-refractivity contribution in [3.63, 3.8) is 0 Å². The fraction of sp³-hybridized carbons (Fsp3) is 0.385. The standard InChI is InChI=1S/C26H33N3O3/c1-3-25(30)28(15-9-17-32-2)20-26(31)29(19-21-10-5-4-6-11-21)16-14-22-18-27-24-13-8-7-12-23(22)24/h4-8,10-13,18,27H,3,9,14-17,19-20H2,1-2H3. The lowest BCUT2D eigenvalue weighted by atomic mass is 10.1. The lowest BCUT2D eigenvalue weighted by Gasteiger charge is -2.28. The lowest BCUT2D eigenvalue weighted by molar-refractivity contribution is -0.140. The number of fused-ring (bicyclic) bond motifs is 1. The van der Waals surface area contributed by atoms with Gasteiger partial charge in [-0.05, 0) is 30.0 Å². The number of nitrogens with one attached hydrogen (secondary N) is 1. The Morgan fingerprint density at radius 1 is 0.938 bits per heavy atom. The summed E-state index contributed by atoms with van der Waals surface area (Å²) >= 11 is 0. The molecule has 0 aliphatic rings. The van der Waals surface area contributed by atoms with Crippen LogP contribution in [0.1, 0.15) is 30.9 Å². The molecule has 0 unspecified atom stereocenters. The predicted octanol–water partition coefficient (Wildman–Crippen LogP) is 4.01. The van der Waals surface area contributed by atoms with Crippen molar-refractivity contribution >= 4 is 22.7 Å². The average molecular weight is 436 g/mol. The van der Waals surface area contributed by atoms with Crippen molar-refractivity contribution in [2.75, 3.05) is 33.4 Å². The van der Waals surface area contributed by atoms with Crippen LogP contribution in [0.2, 0.25) is 0 Å². The molecule has 0 aliphatic carbocycles. The molecule has 0 bridgehead atoms. The minimum atomic E-state index is -0.0343. The van der Waals surface area contributed by atoms with Crippen molar-refractivity contribution in [1.29, 1.82) is 0 Å². The number of benzene rings is 2. The van der Waals surface area contributed by atoms with Gasteiger partial charge in [0.05, 0.1) is 6.54 Å². The normalized spacial score (nSPS) is 10.9. The van der Waals surface area contributed by atoms with Crippen molar-refractivity contribution in [2.24, 2.45) is 0 Å². The van der Waals surface area contributed by atoms with Crippen LogP contribution >= 0.6 is 0 Å². The summed E-state index contributed by atoms with van der Waals surface area (Å²) in [5, 5.41) is 1.18. The molecule has 0 saturated carbocycles. The molecular weight excluding hydrogens is 402 g/mol. The molecule has 3 rings (SSSR count). The number of hydrogen-bond acceptors (Lipinski definition) is 3. The Balaban J connectivity index is 1.73. The van der Waals surface area contributed by atoms with Gasteiger partial charge in [0.1, 0.15) is 0 Å². The first-order valence-electron chi connectivity index (χ1n) is 11.3. The number of amides is 2. The summed E-state index contributed by atoms with van der Waals surface area (Å²) in [6, 6.07) is 18.2. The molecule has 170 valence electrons. The monoisotopic (exact) mass is 435 g/mol. The molecule has 0 radical (unpaired) electrons. The van der Waals surface area contributed by atoms with E-state index in [0.29, 0.717) is 39.1 Å².